The van der Waals surface area contributed by atoms with Gasteiger partial charge in [0.2, 0.25) is 0 Å². The maximum Gasteiger partial charge on any atom is 0.0471 e. The summed E-state index contributed by atoms with van der Waals surface area (Å²) in [6, 6.07) is 6.90. The molecule has 19 heavy (non-hydrogen) atoms. The molecule has 1 aliphatic carbocycles. The first-order chi connectivity index (χ1) is 9.09. The molecule has 1 saturated heterocycles. The molecule has 1 spiro atoms. The molecule has 1 saturated carbocycles. The molecule has 0 amide bonds. The lowest BCUT2D eigenvalue weighted by atomic mass is 9.48. The quantitative estimate of drug-likeness (QED) is 0.886. The van der Waals surface area contributed by atoms with Gasteiger partial charge in [-0.1, -0.05) is 18.2 Å². The first-order valence-corrected chi connectivity index (χ1v) is 7.45. The lowest BCUT2D eigenvalue weighted by Gasteiger charge is -2.58. The van der Waals surface area contributed by atoms with Crippen LogP contribution in [-0.4, -0.2) is 19.8 Å². The minimum Gasteiger partial charge on any atom is -0.381 e. The van der Waals surface area contributed by atoms with Crippen LogP contribution in [-0.2, 0) is 10.2 Å². The van der Waals surface area contributed by atoms with E-state index in [1.54, 1.807) is 0 Å². The zero-order valence-electron chi connectivity index (χ0n) is 12.2. The zero-order chi connectivity index (χ0) is 13.5. The zero-order valence-corrected chi connectivity index (χ0v) is 12.2. The van der Waals surface area contributed by atoms with Crippen molar-refractivity contribution < 1.29 is 4.74 Å². The molecule has 0 aromatic heterocycles. The molecule has 1 aliphatic heterocycles. The van der Waals surface area contributed by atoms with Gasteiger partial charge in [0.15, 0.2) is 0 Å². The van der Waals surface area contributed by atoms with Crippen LogP contribution >= 0.6 is 0 Å². The summed E-state index contributed by atoms with van der Waals surface area (Å²) < 4.78 is 5.51. The molecule has 1 aromatic rings. The largest absolute Gasteiger partial charge is 0.381 e. The Morgan fingerprint density at radius 2 is 1.79 bits per heavy atom. The van der Waals surface area contributed by atoms with E-state index >= 15 is 0 Å². The van der Waals surface area contributed by atoms with Crippen molar-refractivity contribution in [3.8, 4) is 0 Å². The molecular weight excluding hydrogens is 234 g/mol. The Bertz CT molecular complexity index is 466. The topological polar surface area (TPSA) is 35.2 Å². The molecule has 104 valence electrons. The molecule has 0 unspecified atom stereocenters. The maximum absolute atomic E-state index is 6.15. The number of nitrogens with two attached hydrogens (primary N) is 1. The summed E-state index contributed by atoms with van der Waals surface area (Å²) in [6.07, 6.45) is 4.95. The van der Waals surface area contributed by atoms with Gasteiger partial charge in [-0.15, -0.1) is 0 Å². The highest BCUT2D eigenvalue weighted by molar-refractivity contribution is 5.38. The van der Waals surface area contributed by atoms with Crippen LogP contribution in [0.25, 0.3) is 0 Å². The van der Waals surface area contributed by atoms with E-state index < -0.39 is 0 Å². The monoisotopic (exact) mass is 259 g/mol. The highest BCUT2D eigenvalue weighted by atomic mass is 16.5. The van der Waals surface area contributed by atoms with Crippen molar-refractivity contribution >= 4 is 0 Å². The first-order valence-electron chi connectivity index (χ1n) is 7.45. The predicted molar refractivity (Wildman–Crippen MR) is 78.4 cm³/mol. The Kier molecular flexibility index (Phi) is 3.18. The Balaban J connectivity index is 1.83. The van der Waals surface area contributed by atoms with E-state index in [0.717, 1.165) is 19.8 Å². The van der Waals surface area contributed by atoms with E-state index in [9.17, 15) is 0 Å². The van der Waals surface area contributed by atoms with Crippen LogP contribution in [0.1, 0.15) is 42.4 Å². The van der Waals surface area contributed by atoms with Gasteiger partial charge in [-0.2, -0.15) is 0 Å². The maximum atomic E-state index is 6.15. The van der Waals surface area contributed by atoms with Crippen LogP contribution in [0.5, 0.6) is 0 Å². The Hall–Kier alpha value is -0.860. The standard InChI is InChI=1S/C17H25NO/c1-13-3-4-15(9-14(13)2)17(12-18)10-16(11-17)5-7-19-8-6-16/h3-4,9H,5-8,10-12,18H2,1-2H3. The molecule has 0 atom stereocenters. The Labute approximate surface area is 116 Å². The molecule has 0 bridgehead atoms. The molecule has 2 aliphatic rings. The van der Waals surface area contributed by atoms with Gasteiger partial charge in [0.05, 0.1) is 0 Å². The van der Waals surface area contributed by atoms with Gasteiger partial charge in [-0.05, 0) is 61.6 Å². The summed E-state index contributed by atoms with van der Waals surface area (Å²) in [6.45, 7) is 7.03. The number of benzene rings is 1. The van der Waals surface area contributed by atoms with Crippen molar-refractivity contribution in [2.75, 3.05) is 19.8 Å². The fourth-order valence-corrected chi connectivity index (χ4v) is 4.08. The first kappa shape index (κ1) is 13.1. The Morgan fingerprint density at radius 1 is 1.11 bits per heavy atom. The van der Waals surface area contributed by atoms with Crippen LogP contribution in [0, 0.1) is 19.3 Å². The average Bonchev–Trinajstić information content (AvgIpc) is 2.40. The number of aryl methyl sites for hydroxylation is 2. The third-order valence-electron chi connectivity index (χ3n) is 5.49. The van der Waals surface area contributed by atoms with E-state index in [-0.39, 0.29) is 5.41 Å². The van der Waals surface area contributed by atoms with E-state index in [1.807, 2.05) is 0 Å². The average molecular weight is 259 g/mol. The van der Waals surface area contributed by atoms with Crippen molar-refractivity contribution in [3.63, 3.8) is 0 Å². The summed E-state index contributed by atoms with van der Waals surface area (Å²) in [5.41, 5.74) is 11.1. The van der Waals surface area contributed by atoms with Crippen LogP contribution in [0.15, 0.2) is 18.2 Å². The third-order valence-corrected chi connectivity index (χ3v) is 5.49. The summed E-state index contributed by atoms with van der Waals surface area (Å²) in [5, 5.41) is 0. The number of hydrogen-bond donors (Lipinski definition) is 1. The van der Waals surface area contributed by atoms with Crippen LogP contribution in [0.4, 0.5) is 0 Å². The fourth-order valence-electron chi connectivity index (χ4n) is 4.08. The number of hydrogen-bond acceptors (Lipinski definition) is 2. The molecule has 2 heteroatoms. The lowest BCUT2D eigenvalue weighted by Crippen LogP contribution is -2.55. The molecular formula is C17H25NO. The summed E-state index contributed by atoms with van der Waals surface area (Å²) in [7, 11) is 0. The van der Waals surface area contributed by atoms with Crippen molar-refractivity contribution in [2.45, 2.75) is 44.9 Å². The second-order valence-electron chi connectivity index (χ2n) is 6.75. The van der Waals surface area contributed by atoms with Gasteiger partial charge in [0.1, 0.15) is 0 Å². The normalized spacial score (nSPS) is 24.2. The van der Waals surface area contributed by atoms with Crippen molar-refractivity contribution in [2.24, 2.45) is 11.1 Å². The van der Waals surface area contributed by atoms with Gasteiger partial charge >= 0.3 is 0 Å². The molecule has 1 heterocycles. The molecule has 2 nitrogen and oxygen atoms in total. The summed E-state index contributed by atoms with van der Waals surface area (Å²) in [4.78, 5) is 0. The van der Waals surface area contributed by atoms with Crippen molar-refractivity contribution in [3.05, 3.63) is 34.9 Å². The van der Waals surface area contributed by atoms with Crippen molar-refractivity contribution in [1.82, 2.24) is 0 Å². The highest BCUT2D eigenvalue weighted by Crippen LogP contribution is 2.59. The molecule has 2 N–H and O–H groups in total. The van der Waals surface area contributed by atoms with E-state index in [4.69, 9.17) is 10.5 Å². The van der Waals surface area contributed by atoms with Crippen LogP contribution in [0.3, 0.4) is 0 Å². The van der Waals surface area contributed by atoms with Crippen LogP contribution < -0.4 is 5.73 Å². The smallest absolute Gasteiger partial charge is 0.0471 e. The van der Waals surface area contributed by atoms with E-state index in [1.165, 1.54) is 42.4 Å². The molecule has 1 aromatic carbocycles. The number of ether oxygens (including phenoxy) is 1. The molecule has 3 rings (SSSR count). The van der Waals surface area contributed by atoms with Gasteiger partial charge in [-0.25, -0.2) is 0 Å². The predicted octanol–water partition coefficient (Wildman–Crippen LogP) is 3.09. The SMILES string of the molecule is Cc1ccc(C2(CN)CC3(CCOCC3)C2)cc1C. The van der Waals surface area contributed by atoms with E-state index in [0.29, 0.717) is 5.41 Å². The van der Waals surface area contributed by atoms with Crippen molar-refractivity contribution in [1.29, 1.82) is 0 Å². The minimum atomic E-state index is 0.232. The van der Waals surface area contributed by atoms with Gasteiger partial charge in [0.25, 0.3) is 0 Å². The number of rotatable bonds is 2. The molecule has 2 fully saturated rings. The highest BCUT2D eigenvalue weighted by Gasteiger charge is 2.54. The van der Waals surface area contributed by atoms with Gasteiger partial charge in [-0.3, -0.25) is 0 Å². The summed E-state index contributed by atoms with van der Waals surface area (Å²) in [5.74, 6) is 0. The van der Waals surface area contributed by atoms with Crippen LogP contribution in [0.2, 0.25) is 0 Å². The fraction of sp³-hybridized carbons (Fsp3) is 0.647. The van der Waals surface area contributed by atoms with Gasteiger partial charge in [0, 0.05) is 25.2 Å². The summed E-state index contributed by atoms with van der Waals surface area (Å²) >= 11 is 0. The second kappa shape index (κ2) is 4.60. The Morgan fingerprint density at radius 3 is 2.37 bits per heavy atom. The van der Waals surface area contributed by atoms with E-state index in [2.05, 4.69) is 32.0 Å². The lowest BCUT2D eigenvalue weighted by molar-refractivity contribution is -0.0714. The minimum absolute atomic E-state index is 0.232. The third kappa shape index (κ3) is 2.11. The second-order valence-corrected chi connectivity index (χ2v) is 6.75. The molecule has 0 radical (unpaired) electrons. The van der Waals surface area contributed by atoms with Gasteiger partial charge < -0.3 is 10.5 Å².